The average Bonchev–Trinajstić information content (AvgIpc) is 2.69. The molecule has 0 fully saturated rings. The Kier molecular flexibility index (Phi) is 5.77. The van der Waals surface area contributed by atoms with Gasteiger partial charge in [-0.25, -0.2) is 4.79 Å². The molecule has 0 spiro atoms. The molecule has 0 aliphatic heterocycles. The summed E-state index contributed by atoms with van der Waals surface area (Å²) in [7, 11) is 1.61. The Balaban J connectivity index is 1.62. The van der Waals surface area contributed by atoms with E-state index in [4.69, 9.17) is 14.2 Å². The molecule has 138 valence electrons. The quantitative estimate of drug-likeness (QED) is 0.451. The second-order valence-corrected chi connectivity index (χ2v) is 6.27. The predicted octanol–water partition coefficient (Wildman–Crippen LogP) is 5.11. The number of ether oxygens (including phenoxy) is 3. The largest absolute Gasteiger partial charge is 0.493 e. The summed E-state index contributed by atoms with van der Waals surface area (Å²) < 4.78 is 16.5. The van der Waals surface area contributed by atoms with Crippen LogP contribution in [0.1, 0.15) is 27.0 Å². The van der Waals surface area contributed by atoms with E-state index < -0.39 is 0 Å². The topological polar surface area (TPSA) is 44.8 Å². The summed E-state index contributed by atoms with van der Waals surface area (Å²) >= 11 is 0. The maximum Gasteiger partial charge on any atom is 0.343 e. The molecule has 4 nitrogen and oxygen atoms in total. The van der Waals surface area contributed by atoms with E-state index in [9.17, 15) is 4.79 Å². The standard InChI is InChI=1S/C23H22O4/c1-16-8-13-20(14-17(16)2)27-23(24)19-11-9-18(10-12-19)15-26-22-7-5-4-6-21(22)25-3/h4-14H,15H2,1-3H3. The average molecular weight is 362 g/mol. The molecule has 0 atom stereocenters. The minimum absolute atomic E-state index is 0.379. The van der Waals surface area contributed by atoms with Crippen LogP contribution in [-0.4, -0.2) is 13.1 Å². The number of carbonyl (C=O) groups excluding carboxylic acids is 1. The highest BCUT2D eigenvalue weighted by atomic mass is 16.5. The molecule has 0 unspecified atom stereocenters. The van der Waals surface area contributed by atoms with Gasteiger partial charge >= 0.3 is 5.97 Å². The lowest BCUT2D eigenvalue weighted by molar-refractivity contribution is 0.0734. The number of para-hydroxylation sites is 2. The highest BCUT2D eigenvalue weighted by Gasteiger charge is 2.10. The van der Waals surface area contributed by atoms with E-state index >= 15 is 0 Å². The Labute approximate surface area is 159 Å². The molecule has 0 saturated carbocycles. The van der Waals surface area contributed by atoms with Crippen LogP contribution in [0.15, 0.2) is 66.7 Å². The monoisotopic (exact) mass is 362 g/mol. The van der Waals surface area contributed by atoms with Gasteiger partial charge in [-0.2, -0.15) is 0 Å². The fraction of sp³-hybridized carbons (Fsp3) is 0.174. The van der Waals surface area contributed by atoms with E-state index in [2.05, 4.69) is 0 Å². The summed E-state index contributed by atoms with van der Waals surface area (Å²) in [5, 5.41) is 0. The fourth-order valence-corrected chi connectivity index (χ4v) is 2.58. The van der Waals surface area contributed by atoms with E-state index in [-0.39, 0.29) is 5.97 Å². The minimum atomic E-state index is -0.379. The van der Waals surface area contributed by atoms with Gasteiger partial charge in [-0.15, -0.1) is 0 Å². The summed E-state index contributed by atoms with van der Waals surface area (Å²) in [6, 6.07) is 20.3. The van der Waals surface area contributed by atoms with Crippen molar-refractivity contribution in [3.05, 3.63) is 89.0 Å². The molecule has 0 amide bonds. The van der Waals surface area contributed by atoms with Gasteiger partial charge in [0.25, 0.3) is 0 Å². The maximum atomic E-state index is 12.3. The van der Waals surface area contributed by atoms with E-state index in [1.54, 1.807) is 25.3 Å². The van der Waals surface area contributed by atoms with Crippen LogP contribution >= 0.6 is 0 Å². The maximum absolute atomic E-state index is 12.3. The van der Waals surface area contributed by atoms with Crippen molar-refractivity contribution in [3.63, 3.8) is 0 Å². The second-order valence-electron chi connectivity index (χ2n) is 6.27. The van der Waals surface area contributed by atoms with Crippen molar-refractivity contribution in [2.45, 2.75) is 20.5 Å². The lowest BCUT2D eigenvalue weighted by atomic mass is 10.1. The van der Waals surface area contributed by atoms with Crippen molar-refractivity contribution >= 4 is 5.97 Å². The third kappa shape index (κ3) is 4.67. The van der Waals surface area contributed by atoms with Crippen LogP contribution in [0.5, 0.6) is 17.2 Å². The molecule has 0 radical (unpaired) electrons. The molecule has 0 N–H and O–H groups in total. The summed E-state index contributed by atoms with van der Waals surface area (Å²) in [6.45, 7) is 4.39. The van der Waals surface area contributed by atoms with Gasteiger partial charge in [0, 0.05) is 0 Å². The van der Waals surface area contributed by atoms with Gasteiger partial charge in [-0.1, -0.05) is 30.3 Å². The predicted molar refractivity (Wildman–Crippen MR) is 105 cm³/mol. The van der Waals surface area contributed by atoms with E-state index in [0.29, 0.717) is 29.4 Å². The molecule has 27 heavy (non-hydrogen) atoms. The highest BCUT2D eigenvalue weighted by molar-refractivity contribution is 5.91. The molecule has 0 aliphatic carbocycles. The highest BCUT2D eigenvalue weighted by Crippen LogP contribution is 2.26. The zero-order valence-electron chi connectivity index (χ0n) is 15.7. The number of methoxy groups -OCH3 is 1. The van der Waals surface area contributed by atoms with Crippen molar-refractivity contribution in [1.29, 1.82) is 0 Å². The molecule has 3 rings (SSSR count). The van der Waals surface area contributed by atoms with E-state index in [0.717, 1.165) is 16.7 Å². The normalized spacial score (nSPS) is 10.3. The Morgan fingerprint density at radius 2 is 1.56 bits per heavy atom. The van der Waals surface area contributed by atoms with Gasteiger partial charge in [0.2, 0.25) is 0 Å². The van der Waals surface area contributed by atoms with Crippen LogP contribution in [0.3, 0.4) is 0 Å². The molecule has 3 aromatic rings. The van der Waals surface area contributed by atoms with Gasteiger partial charge in [0.05, 0.1) is 12.7 Å². The smallest absolute Gasteiger partial charge is 0.343 e. The van der Waals surface area contributed by atoms with Crippen molar-refractivity contribution in [2.24, 2.45) is 0 Å². The van der Waals surface area contributed by atoms with E-state index in [1.807, 2.05) is 62.4 Å². The molecule has 0 aliphatic rings. The first kappa shape index (κ1) is 18.5. The molecule has 4 heteroatoms. The SMILES string of the molecule is COc1ccccc1OCc1ccc(C(=O)Oc2ccc(C)c(C)c2)cc1. The van der Waals surface area contributed by atoms with Gasteiger partial charge in [-0.3, -0.25) is 0 Å². The first-order valence-corrected chi connectivity index (χ1v) is 8.71. The summed E-state index contributed by atoms with van der Waals surface area (Å²) in [5.41, 5.74) is 3.69. The number of esters is 1. The molecule has 0 heterocycles. The van der Waals surface area contributed by atoms with Gasteiger partial charge in [-0.05, 0) is 66.9 Å². The van der Waals surface area contributed by atoms with Crippen molar-refractivity contribution < 1.29 is 19.0 Å². The number of hydrogen-bond acceptors (Lipinski definition) is 4. The van der Waals surface area contributed by atoms with E-state index in [1.165, 1.54) is 0 Å². The van der Waals surface area contributed by atoms with Crippen molar-refractivity contribution in [3.8, 4) is 17.2 Å². The third-order valence-electron chi connectivity index (χ3n) is 4.34. The van der Waals surface area contributed by atoms with Gasteiger partial charge in [0.15, 0.2) is 11.5 Å². The lowest BCUT2D eigenvalue weighted by Crippen LogP contribution is -2.09. The Hall–Kier alpha value is -3.27. The third-order valence-corrected chi connectivity index (χ3v) is 4.34. The van der Waals surface area contributed by atoms with Crippen LogP contribution < -0.4 is 14.2 Å². The zero-order valence-corrected chi connectivity index (χ0v) is 15.7. The number of rotatable bonds is 6. The Morgan fingerprint density at radius 1 is 0.852 bits per heavy atom. The molecular formula is C23H22O4. The fourth-order valence-electron chi connectivity index (χ4n) is 2.58. The molecule has 0 saturated heterocycles. The number of aryl methyl sites for hydroxylation is 2. The Bertz CT molecular complexity index is 929. The first-order valence-electron chi connectivity index (χ1n) is 8.71. The van der Waals surface area contributed by atoms with Gasteiger partial charge in [0.1, 0.15) is 12.4 Å². The lowest BCUT2D eigenvalue weighted by Gasteiger charge is -2.11. The number of hydrogen-bond donors (Lipinski definition) is 0. The van der Waals surface area contributed by atoms with Crippen LogP contribution in [-0.2, 0) is 6.61 Å². The second kappa shape index (κ2) is 8.41. The summed E-state index contributed by atoms with van der Waals surface area (Å²) in [5.74, 6) is 1.53. The molecular weight excluding hydrogens is 340 g/mol. The van der Waals surface area contributed by atoms with Gasteiger partial charge < -0.3 is 14.2 Å². The summed E-state index contributed by atoms with van der Waals surface area (Å²) in [6.07, 6.45) is 0. The molecule has 0 bridgehead atoms. The number of carbonyl (C=O) groups is 1. The van der Waals surface area contributed by atoms with Crippen molar-refractivity contribution in [1.82, 2.24) is 0 Å². The van der Waals surface area contributed by atoms with Crippen molar-refractivity contribution in [2.75, 3.05) is 7.11 Å². The number of benzene rings is 3. The zero-order chi connectivity index (χ0) is 19.2. The minimum Gasteiger partial charge on any atom is -0.493 e. The molecule has 0 aromatic heterocycles. The van der Waals surface area contributed by atoms with Crippen LogP contribution in [0.2, 0.25) is 0 Å². The molecule has 3 aromatic carbocycles. The first-order chi connectivity index (χ1) is 13.1. The van der Waals surface area contributed by atoms with Crippen LogP contribution in [0, 0.1) is 13.8 Å². The van der Waals surface area contributed by atoms with Crippen LogP contribution in [0.25, 0.3) is 0 Å². The Morgan fingerprint density at radius 3 is 2.22 bits per heavy atom. The summed E-state index contributed by atoms with van der Waals surface area (Å²) in [4.78, 5) is 12.3. The van der Waals surface area contributed by atoms with Crippen LogP contribution in [0.4, 0.5) is 0 Å².